The molecule has 2 aromatic carbocycles. The lowest BCUT2D eigenvalue weighted by molar-refractivity contribution is -0.00188. The van der Waals surface area contributed by atoms with E-state index in [0.29, 0.717) is 40.4 Å². The lowest BCUT2D eigenvalue weighted by atomic mass is 10.1. The third kappa shape index (κ3) is 6.56. The summed E-state index contributed by atoms with van der Waals surface area (Å²) in [5.41, 5.74) is 0.787. The van der Waals surface area contributed by atoms with Crippen LogP contribution in [-0.4, -0.2) is 24.1 Å². The van der Waals surface area contributed by atoms with Crippen molar-refractivity contribution in [3.05, 3.63) is 69.7 Å². The highest BCUT2D eigenvalue weighted by molar-refractivity contribution is 6.31. The summed E-state index contributed by atoms with van der Waals surface area (Å²) in [4.78, 5) is 24.6. The highest BCUT2D eigenvalue weighted by Gasteiger charge is 2.22. The van der Waals surface area contributed by atoms with Crippen molar-refractivity contribution >= 4 is 35.1 Å². The molecule has 2 aromatic rings. The molecule has 0 aliphatic rings. The highest BCUT2D eigenvalue weighted by atomic mass is 35.5. The van der Waals surface area contributed by atoms with Gasteiger partial charge >= 0.3 is 11.9 Å². The molecule has 0 N–H and O–H groups in total. The van der Waals surface area contributed by atoms with Gasteiger partial charge in [-0.1, -0.05) is 49.2 Å². The zero-order chi connectivity index (χ0) is 19.8. The van der Waals surface area contributed by atoms with Gasteiger partial charge in [0.25, 0.3) is 0 Å². The van der Waals surface area contributed by atoms with Gasteiger partial charge in [-0.15, -0.1) is 0 Å². The summed E-state index contributed by atoms with van der Waals surface area (Å²) < 4.78 is 11.1. The first kappa shape index (κ1) is 21.3. The van der Waals surface area contributed by atoms with E-state index in [1.54, 1.807) is 48.5 Å². The molecule has 6 heteroatoms. The van der Waals surface area contributed by atoms with Gasteiger partial charge in [0.1, 0.15) is 12.2 Å². The van der Waals surface area contributed by atoms with Gasteiger partial charge in [0.2, 0.25) is 0 Å². The van der Waals surface area contributed by atoms with E-state index in [1.807, 2.05) is 13.8 Å². The monoisotopic (exact) mass is 408 g/mol. The molecular formula is C21H22Cl2O4. The number of benzene rings is 2. The van der Waals surface area contributed by atoms with E-state index >= 15 is 0 Å². The Balaban J connectivity index is 1.98. The second-order valence-corrected chi connectivity index (χ2v) is 7.00. The quantitative estimate of drug-likeness (QED) is 0.505. The first-order valence-electron chi connectivity index (χ1n) is 8.86. The van der Waals surface area contributed by atoms with Gasteiger partial charge in [0, 0.05) is 16.5 Å². The molecule has 0 radical (unpaired) electrons. The SMILES string of the molecule is CCC(CC(CC)OC(=O)c1cccc(Cl)c1)OC(=O)c1cccc(Cl)c1. The Morgan fingerprint density at radius 3 is 1.56 bits per heavy atom. The average Bonchev–Trinajstić information content (AvgIpc) is 2.66. The Labute approximate surface area is 169 Å². The summed E-state index contributed by atoms with van der Waals surface area (Å²) in [5.74, 6) is -0.888. The van der Waals surface area contributed by atoms with Crippen molar-refractivity contribution in [2.45, 2.75) is 45.3 Å². The fourth-order valence-corrected chi connectivity index (χ4v) is 2.94. The summed E-state index contributed by atoms with van der Waals surface area (Å²) in [6.45, 7) is 3.84. The van der Waals surface area contributed by atoms with Crippen molar-refractivity contribution in [2.75, 3.05) is 0 Å². The molecule has 0 aromatic heterocycles. The number of hydrogen-bond acceptors (Lipinski definition) is 4. The van der Waals surface area contributed by atoms with E-state index in [-0.39, 0.29) is 12.2 Å². The smallest absolute Gasteiger partial charge is 0.338 e. The van der Waals surface area contributed by atoms with E-state index in [2.05, 4.69) is 0 Å². The minimum Gasteiger partial charge on any atom is -0.459 e. The van der Waals surface area contributed by atoms with Gasteiger partial charge in [0.15, 0.2) is 0 Å². The molecule has 0 saturated heterocycles. The molecule has 2 atom stereocenters. The van der Waals surface area contributed by atoms with Gasteiger partial charge < -0.3 is 9.47 Å². The van der Waals surface area contributed by atoms with Gasteiger partial charge in [-0.3, -0.25) is 0 Å². The van der Waals surface area contributed by atoms with Crippen molar-refractivity contribution in [3.8, 4) is 0 Å². The van der Waals surface area contributed by atoms with Crippen molar-refractivity contribution in [3.63, 3.8) is 0 Å². The Hall–Kier alpha value is -2.04. The van der Waals surface area contributed by atoms with Gasteiger partial charge in [-0.05, 0) is 49.2 Å². The molecule has 4 nitrogen and oxygen atoms in total. The van der Waals surface area contributed by atoms with Crippen LogP contribution in [0.1, 0.15) is 53.8 Å². The van der Waals surface area contributed by atoms with E-state index in [0.717, 1.165) is 0 Å². The molecular weight excluding hydrogens is 387 g/mol. The fraction of sp³-hybridized carbons (Fsp3) is 0.333. The predicted molar refractivity (Wildman–Crippen MR) is 107 cm³/mol. The number of ether oxygens (including phenoxy) is 2. The Kier molecular flexibility index (Phi) is 8.14. The van der Waals surface area contributed by atoms with Crippen LogP contribution in [0.5, 0.6) is 0 Å². The zero-order valence-electron chi connectivity index (χ0n) is 15.3. The maximum Gasteiger partial charge on any atom is 0.338 e. The van der Waals surface area contributed by atoms with Gasteiger partial charge in [-0.25, -0.2) is 9.59 Å². The van der Waals surface area contributed by atoms with Crippen molar-refractivity contribution in [2.24, 2.45) is 0 Å². The minimum atomic E-state index is -0.444. The molecule has 2 unspecified atom stereocenters. The maximum absolute atomic E-state index is 12.3. The first-order chi connectivity index (χ1) is 12.9. The fourth-order valence-electron chi connectivity index (χ4n) is 2.56. The van der Waals surface area contributed by atoms with Crippen LogP contribution < -0.4 is 0 Å². The molecule has 0 heterocycles. The van der Waals surface area contributed by atoms with Crippen LogP contribution in [0, 0.1) is 0 Å². The summed E-state index contributed by atoms with van der Waals surface area (Å²) in [5, 5.41) is 0.943. The van der Waals surface area contributed by atoms with Crippen LogP contribution >= 0.6 is 23.2 Å². The molecule has 0 aliphatic carbocycles. The summed E-state index contributed by atoms with van der Waals surface area (Å²) in [6, 6.07) is 13.2. The van der Waals surface area contributed by atoms with Crippen LogP contribution in [0.4, 0.5) is 0 Å². The maximum atomic E-state index is 12.3. The number of hydrogen-bond donors (Lipinski definition) is 0. The summed E-state index contributed by atoms with van der Waals surface area (Å²) in [7, 11) is 0. The standard InChI is InChI=1S/C21H22Cl2O4/c1-3-18(26-20(24)14-7-5-9-16(22)11-14)13-19(4-2)27-21(25)15-8-6-10-17(23)12-15/h5-12,18-19H,3-4,13H2,1-2H3. The third-order valence-corrected chi connectivity index (χ3v) is 4.57. The number of carbonyl (C=O) groups is 2. The Morgan fingerprint density at radius 1 is 0.815 bits per heavy atom. The number of rotatable bonds is 8. The molecule has 0 aliphatic heterocycles. The lowest BCUT2D eigenvalue weighted by Gasteiger charge is -2.22. The molecule has 0 spiro atoms. The zero-order valence-corrected chi connectivity index (χ0v) is 16.8. The largest absolute Gasteiger partial charge is 0.459 e. The summed E-state index contributed by atoms with van der Waals surface area (Å²) in [6.07, 6.45) is 0.905. The molecule has 144 valence electrons. The van der Waals surface area contributed by atoms with E-state index in [1.165, 1.54) is 0 Å². The van der Waals surface area contributed by atoms with Gasteiger partial charge in [-0.2, -0.15) is 0 Å². The molecule has 0 bridgehead atoms. The van der Waals surface area contributed by atoms with Crippen LogP contribution in [-0.2, 0) is 9.47 Å². The van der Waals surface area contributed by atoms with Crippen molar-refractivity contribution < 1.29 is 19.1 Å². The first-order valence-corrected chi connectivity index (χ1v) is 9.61. The van der Waals surface area contributed by atoms with Gasteiger partial charge in [0.05, 0.1) is 11.1 Å². The second kappa shape index (κ2) is 10.3. The minimum absolute atomic E-state index is 0.367. The van der Waals surface area contributed by atoms with Crippen molar-refractivity contribution in [1.82, 2.24) is 0 Å². The van der Waals surface area contributed by atoms with E-state index in [9.17, 15) is 9.59 Å². The lowest BCUT2D eigenvalue weighted by Crippen LogP contribution is -2.27. The van der Waals surface area contributed by atoms with Crippen molar-refractivity contribution in [1.29, 1.82) is 0 Å². The van der Waals surface area contributed by atoms with E-state index in [4.69, 9.17) is 32.7 Å². The normalized spacial score (nSPS) is 12.9. The molecule has 0 fully saturated rings. The van der Waals surface area contributed by atoms with Crippen LogP contribution in [0.2, 0.25) is 10.0 Å². The predicted octanol–water partition coefficient (Wildman–Crippen LogP) is 5.95. The molecule has 2 rings (SSSR count). The Morgan fingerprint density at radius 2 is 1.22 bits per heavy atom. The third-order valence-electron chi connectivity index (χ3n) is 4.10. The van der Waals surface area contributed by atoms with E-state index < -0.39 is 11.9 Å². The van der Waals surface area contributed by atoms with Crippen LogP contribution in [0.3, 0.4) is 0 Å². The second-order valence-electron chi connectivity index (χ2n) is 6.13. The Bertz CT molecular complexity index is 726. The molecule has 27 heavy (non-hydrogen) atoms. The average molecular weight is 409 g/mol. The molecule has 0 saturated carbocycles. The van der Waals surface area contributed by atoms with Crippen LogP contribution in [0.25, 0.3) is 0 Å². The molecule has 0 amide bonds. The number of halogens is 2. The number of esters is 2. The topological polar surface area (TPSA) is 52.6 Å². The highest BCUT2D eigenvalue weighted by Crippen LogP contribution is 2.19. The summed E-state index contributed by atoms with van der Waals surface area (Å²) >= 11 is 11.8. The number of carbonyl (C=O) groups excluding carboxylic acids is 2. The van der Waals surface area contributed by atoms with Crippen LogP contribution in [0.15, 0.2) is 48.5 Å².